The maximum absolute atomic E-state index is 12.1. The second kappa shape index (κ2) is 6.21. The van der Waals surface area contributed by atoms with Gasteiger partial charge in [-0.3, -0.25) is 4.55 Å². The van der Waals surface area contributed by atoms with Crippen LogP contribution >= 0.6 is 0 Å². The normalized spacial score (nSPS) is 11.4. The van der Waals surface area contributed by atoms with Gasteiger partial charge in [-0.2, -0.15) is 8.42 Å². The van der Waals surface area contributed by atoms with E-state index in [1.165, 1.54) is 30.3 Å². The van der Waals surface area contributed by atoms with Gasteiger partial charge in [-0.05, 0) is 53.2 Å². The zero-order chi connectivity index (χ0) is 19.1. The summed E-state index contributed by atoms with van der Waals surface area (Å²) in [6.45, 7) is 0. The summed E-state index contributed by atoms with van der Waals surface area (Å²) in [5, 5.41) is 29.4. The van der Waals surface area contributed by atoms with Crippen molar-refractivity contribution in [2.24, 2.45) is 0 Å². The highest BCUT2D eigenvalue weighted by atomic mass is 32.2. The van der Waals surface area contributed by atoms with Crippen LogP contribution in [0.2, 0.25) is 0 Å². The Labute approximate surface area is 147 Å². The van der Waals surface area contributed by atoms with Crippen molar-refractivity contribution < 1.29 is 37.8 Å². The SMILES string of the molecule is O=C(Oc1cc2cc(S(=O)(=O)O)ccc2cc1O)c1ccc(O)c(O)c1. The van der Waals surface area contributed by atoms with Gasteiger partial charge in [0.15, 0.2) is 23.0 Å². The van der Waals surface area contributed by atoms with Crippen molar-refractivity contribution in [1.82, 2.24) is 0 Å². The molecular formula is C17H12O8S. The molecule has 0 aliphatic heterocycles. The largest absolute Gasteiger partial charge is 0.504 e. The van der Waals surface area contributed by atoms with Crippen LogP contribution in [0.15, 0.2) is 53.4 Å². The van der Waals surface area contributed by atoms with Gasteiger partial charge in [0.2, 0.25) is 0 Å². The van der Waals surface area contributed by atoms with E-state index < -0.39 is 27.6 Å². The molecule has 0 bridgehead atoms. The Bertz CT molecular complexity index is 1130. The van der Waals surface area contributed by atoms with Gasteiger partial charge in [0.1, 0.15) is 0 Å². The summed E-state index contributed by atoms with van der Waals surface area (Å²) in [6.07, 6.45) is 0. The molecule has 3 aromatic carbocycles. The Morgan fingerprint density at radius 1 is 0.808 bits per heavy atom. The average Bonchev–Trinajstić information content (AvgIpc) is 2.56. The van der Waals surface area contributed by atoms with Crippen LogP contribution in [0.1, 0.15) is 10.4 Å². The molecule has 8 nitrogen and oxygen atoms in total. The van der Waals surface area contributed by atoms with Crippen LogP contribution in [-0.4, -0.2) is 34.3 Å². The molecule has 26 heavy (non-hydrogen) atoms. The van der Waals surface area contributed by atoms with E-state index in [4.69, 9.17) is 9.29 Å². The second-order valence-corrected chi connectivity index (χ2v) is 6.82. The van der Waals surface area contributed by atoms with E-state index in [-0.39, 0.29) is 22.0 Å². The van der Waals surface area contributed by atoms with E-state index in [0.717, 1.165) is 18.2 Å². The molecule has 9 heteroatoms. The fourth-order valence-corrected chi connectivity index (χ4v) is 2.81. The van der Waals surface area contributed by atoms with Gasteiger partial charge >= 0.3 is 5.97 Å². The molecule has 0 aliphatic rings. The number of carbonyl (C=O) groups is 1. The van der Waals surface area contributed by atoms with Gasteiger partial charge in [0.05, 0.1) is 10.5 Å². The molecular weight excluding hydrogens is 364 g/mol. The highest BCUT2D eigenvalue weighted by molar-refractivity contribution is 7.85. The van der Waals surface area contributed by atoms with Crippen LogP contribution in [0, 0.1) is 0 Å². The average molecular weight is 376 g/mol. The number of phenols is 3. The van der Waals surface area contributed by atoms with E-state index >= 15 is 0 Å². The summed E-state index contributed by atoms with van der Waals surface area (Å²) < 4.78 is 36.6. The monoisotopic (exact) mass is 376 g/mol. The third-order valence-corrected chi connectivity index (χ3v) is 4.45. The highest BCUT2D eigenvalue weighted by Gasteiger charge is 2.16. The number of esters is 1. The Morgan fingerprint density at radius 2 is 1.54 bits per heavy atom. The van der Waals surface area contributed by atoms with Crippen molar-refractivity contribution in [1.29, 1.82) is 0 Å². The van der Waals surface area contributed by atoms with E-state index in [9.17, 15) is 28.5 Å². The number of phenolic OH excluding ortho intramolecular Hbond substituents is 3. The summed E-state index contributed by atoms with van der Waals surface area (Å²) in [5.41, 5.74) is -0.0773. The van der Waals surface area contributed by atoms with Crippen LogP contribution < -0.4 is 4.74 Å². The van der Waals surface area contributed by atoms with Gasteiger partial charge in [-0.25, -0.2) is 4.79 Å². The molecule has 3 aromatic rings. The quantitative estimate of drug-likeness (QED) is 0.236. The van der Waals surface area contributed by atoms with Crippen LogP contribution in [0.5, 0.6) is 23.0 Å². The van der Waals surface area contributed by atoms with Gasteiger partial charge in [0, 0.05) is 0 Å². The highest BCUT2D eigenvalue weighted by Crippen LogP contribution is 2.33. The first kappa shape index (κ1) is 17.5. The van der Waals surface area contributed by atoms with Crippen molar-refractivity contribution in [2.75, 3.05) is 0 Å². The lowest BCUT2D eigenvalue weighted by Gasteiger charge is -2.09. The van der Waals surface area contributed by atoms with Crippen molar-refractivity contribution in [3.8, 4) is 23.0 Å². The zero-order valence-electron chi connectivity index (χ0n) is 12.9. The lowest BCUT2D eigenvalue weighted by Crippen LogP contribution is -2.08. The molecule has 0 atom stereocenters. The van der Waals surface area contributed by atoms with Crippen molar-refractivity contribution in [3.05, 3.63) is 54.1 Å². The number of fused-ring (bicyclic) bond motifs is 1. The lowest BCUT2D eigenvalue weighted by molar-refractivity contribution is 0.0729. The first-order chi connectivity index (χ1) is 12.1. The Balaban J connectivity index is 1.99. The Hall–Kier alpha value is -3.30. The number of ether oxygens (including phenoxy) is 1. The van der Waals surface area contributed by atoms with Crippen LogP contribution in [0.25, 0.3) is 10.8 Å². The molecule has 4 N–H and O–H groups in total. The number of aromatic hydroxyl groups is 3. The molecule has 0 aliphatic carbocycles. The Morgan fingerprint density at radius 3 is 2.19 bits per heavy atom. The van der Waals surface area contributed by atoms with E-state index in [1.807, 2.05) is 0 Å². The smallest absolute Gasteiger partial charge is 0.343 e. The molecule has 0 saturated heterocycles. The third-order valence-electron chi connectivity index (χ3n) is 3.60. The summed E-state index contributed by atoms with van der Waals surface area (Å²) in [4.78, 5) is 11.8. The maximum atomic E-state index is 12.1. The standard InChI is InChI=1S/C17H12O8S/c18-13-4-2-10(7-14(13)19)17(21)25-16-8-11-5-12(26(22,23)24)3-1-9(11)6-15(16)20/h1-8,18-20H,(H,22,23,24). The van der Waals surface area contributed by atoms with Crippen molar-refractivity contribution in [2.45, 2.75) is 4.90 Å². The molecule has 0 heterocycles. The van der Waals surface area contributed by atoms with Crippen LogP contribution in [0.3, 0.4) is 0 Å². The predicted molar refractivity (Wildman–Crippen MR) is 90.2 cm³/mol. The molecule has 0 fully saturated rings. The van der Waals surface area contributed by atoms with Crippen LogP contribution in [0.4, 0.5) is 0 Å². The molecule has 0 saturated carbocycles. The molecule has 0 aromatic heterocycles. The van der Waals surface area contributed by atoms with Crippen LogP contribution in [-0.2, 0) is 10.1 Å². The number of rotatable bonds is 3. The van der Waals surface area contributed by atoms with Gasteiger partial charge in [-0.1, -0.05) is 6.07 Å². The van der Waals surface area contributed by atoms with Crippen molar-refractivity contribution in [3.63, 3.8) is 0 Å². The molecule has 0 unspecified atom stereocenters. The van der Waals surface area contributed by atoms with Gasteiger partial charge < -0.3 is 20.1 Å². The molecule has 134 valence electrons. The molecule has 0 spiro atoms. The number of benzene rings is 3. The maximum Gasteiger partial charge on any atom is 0.343 e. The summed E-state index contributed by atoms with van der Waals surface area (Å²) in [5.74, 6) is -2.45. The zero-order valence-corrected chi connectivity index (χ0v) is 13.8. The minimum atomic E-state index is -4.41. The lowest BCUT2D eigenvalue weighted by atomic mass is 10.1. The van der Waals surface area contributed by atoms with Gasteiger partial charge in [-0.15, -0.1) is 0 Å². The fraction of sp³-hybridized carbons (Fsp3) is 0. The number of hydrogen-bond donors (Lipinski definition) is 4. The number of hydrogen-bond acceptors (Lipinski definition) is 7. The van der Waals surface area contributed by atoms with Crippen molar-refractivity contribution >= 4 is 26.9 Å². The van der Waals surface area contributed by atoms with E-state index in [1.54, 1.807) is 0 Å². The molecule has 3 rings (SSSR count). The molecule has 0 amide bonds. The third kappa shape index (κ3) is 3.39. The number of carbonyl (C=O) groups excluding carboxylic acids is 1. The second-order valence-electron chi connectivity index (χ2n) is 5.40. The predicted octanol–water partition coefficient (Wildman–Crippen LogP) is 2.42. The van der Waals surface area contributed by atoms with E-state index in [0.29, 0.717) is 10.8 Å². The van der Waals surface area contributed by atoms with Gasteiger partial charge in [0.25, 0.3) is 10.1 Å². The fourth-order valence-electron chi connectivity index (χ4n) is 2.29. The first-order valence-electron chi connectivity index (χ1n) is 7.13. The summed E-state index contributed by atoms with van der Waals surface area (Å²) >= 11 is 0. The summed E-state index contributed by atoms with van der Waals surface area (Å²) in [6, 6.07) is 9.51. The first-order valence-corrected chi connectivity index (χ1v) is 8.57. The summed E-state index contributed by atoms with van der Waals surface area (Å²) in [7, 11) is -4.41. The topological polar surface area (TPSA) is 141 Å². The Kier molecular flexibility index (Phi) is 4.18. The minimum Gasteiger partial charge on any atom is -0.504 e. The van der Waals surface area contributed by atoms with E-state index in [2.05, 4.69) is 0 Å². The molecule has 0 radical (unpaired) electrons. The minimum absolute atomic E-state index is 0.0773.